The highest BCUT2D eigenvalue weighted by Crippen LogP contribution is 2.33. The van der Waals surface area contributed by atoms with Crippen LogP contribution in [-0.2, 0) is 10.0 Å². The Kier molecular flexibility index (Phi) is 7.13. The van der Waals surface area contributed by atoms with Gasteiger partial charge in [0.25, 0.3) is 11.8 Å². The van der Waals surface area contributed by atoms with Crippen LogP contribution in [0.3, 0.4) is 0 Å². The number of carbonyl (C=O) groups is 1. The molecule has 0 radical (unpaired) electrons. The molecule has 11 heteroatoms. The van der Waals surface area contributed by atoms with E-state index in [1.165, 1.54) is 35.7 Å². The quantitative estimate of drug-likeness (QED) is 0.538. The minimum atomic E-state index is -3.59. The molecule has 1 aliphatic rings. The van der Waals surface area contributed by atoms with E-state index in [-0.39, 0.29) is 22.4 Å². The molecule has 10 nitrogen and oxygen atoms in total. The highest BCUT2D eigenvalue weighted by molar-refractivity contribution is 7.89. The Balaban J connectivity index is 1.46. The zero-order valence-electron chi connectivity index (χ0n) is 19.0. The molecule has 180 valence electrons. The van der Waals surface area contributed by atoms with E-state index in [9.17, 15) is 13.2 Å². The van der Waals surface area contributed by atoms with E-state index in [0.29, 0.717) is 30.2 Å². The second-order valence-electron chi connectivity index (χ2n) is 7.78. The number of rotatable bonds is 7. The number of anilines is 1. The van der Waals surface area contributed by atoms with E-state index in [1.807, 2.05) is 0 Å². The fraction of sp³-hybridized carbons (Fsp3) is 0.348. The summed E-state index contributed by atoms with van der Waals surface area (Å²) < 4.78 is 43.4. The van der Waals surface area contributed by atoms with E-state index in [2.05, 4.69) is 15.5 Å². The lowest BCUT2D eigenvalue weighted by molar-refractivity contribution is 0.102. The molecule has 2 aromatic carbocycles. The average molecular weight is 487 g/mol. The lowest BCUT2D eigenvalue weighted by Gasteiger charge is -2.19. The Morgan fingerprint density at radius 3 is 2.32 bits per heavy atom. The van der Waals surface area contributed by atoms with Crippen LogP contribution < -0.4 is 14.8 Å². The number of hydrogen-bond acceptors (Lipinski definition) is 8. The largest absolute Gasteiger partial charge is 0.497 e. The van der Waals surface area contributed by atoms with Crippen molar-refractivity contribution in [1.82, 2.24) is 14.5 Å². The number of aromatic nitrogens is 2. The van der Waals surface area contributed by atoms with Crippen molar-refractivity contribution in [1.29, 1.82) is 0 Å². The van der Waals surface area contributed by atoms with Gasteiger partial charge in [-0.25, -0.2) is 8.42 Å². The summed E-state index contributed by atoms with van der Waals surface area (Å²) in [6.07, 6.45) is 3.78. The first-order valence-electron chi connectivity index (χ1n) is 10.9. The summed E-state index contributed by atoms with van der Waals surface area (Å²) in [5, 5.41) is 10.4. The molecule has 34 heavy (non-hydrogen) atoms. The molecule has 1 aliphatic heterocycles. The van der Waals surface area contributed by atoms with E-state index in [4.69, 9.17) is 13.9 Å². The molecule has 0 saturated carbocycles. The van der Waals surface area contributed by atoms with Gasteiger partial charge in [-0.05, 0) is 49.2 Å². The molecule has 0 aliphatic carbocycles. The lowest BCUT2D eigenvalue weighted by atomic mass is 10.2. The van der Waals surface area contributed by atoms with Crippen molar-refractivity contribution >= 4 is 21.9 Å². The molecule has 0 atom stereocenters. The number of hydrogen-bond donors (Lipinski definition) is 1. The van der Waals surface area contributed by atoms with Crippen molar-refractivity contribution in [2.75, 3.05) is 32.6 Å². The number of carbonyl (C=O) groups excluding carboxylic acids is 1. The lowest BCUT2D eigenvalue weighted by Crippen LogP contribution is -2.31. The third-order valence-electron chi connectivity index (χ3n) is 5.60. The maximum atomic E-state index is 12.9. The van der Waals surface area contributed by atoms with Crippen LogP contribution in [0.1, 0.15) is 36.0 Å². The summed E-state index contributed by atoms with van der Waals surface area (Å²) in [6.45, 7) is 1.03. The fourth-order valence-corrected chi connectivity index (χ4v) is 5.25. The van der Waals surface area contributed by atoms with Crippen LogP contribution in [0.25, 0.3) is 11.5 Å². The predicted octanol–water partition coefficient (Wildman–Crippen LogP) is 3.57. The van der Waals surface area contributed by atoms with Crippen molar-refractivity contribution in [3.63, 3.8) is 0 Å². The maximum absolute atomic E-state index is 12.9. The SMILES string of the molecule is COc1ccc(-c2nnc(NC(=O)c3ccc(S(=O)(=O)N4CCCCCC4)cc3)o2)c(OC)c1. The molecule has 0 spiro atoms. The Bertz CT molecular complexity index is 1250. The Labute approximate surface area is 197 Å². The molecule has 0 unspecified atom stereocenters. The van der Waals surface area contributed by atoms with Gasteiger partial charge in [0.2, 0.25) is 10.0 Å². The number of nitrogens with zero attached hydrogens (tertiary/aromatic N) is 3. The van der Waals surface area contributed by atoms with Gasteiger partial charge in [-0.15, -0.1) is 5.10 Å². The molecule has 2 heterocycles. The van der Waals surface area contributed by atoms with Gasteiger partial charge in [0.1, 0.15) is 11.5 Å². The number of sulfonamides is 1. The normalized spacial score (nSPS) is 14.9. The van der Waals surface area contributed by atoms with E-state index < -0.39 is 15.9 Å². The van der Waals surface area contributed by atoms with Gasteiger partial charge in [0, 0.05) is 24.7 Å². The standard InChI is InChI=1S/C23H26N4O6S/c1-31-17-9-12-19(20(15-17)32-2)22-25-26-23(33-22)24-21(28)16-7-10-18(11-8-16)34(29,30)27-13-5-3-4-6-14-27/h7-12,15H,3-6,13-14H2,1-2H3,(H,24,26,28). The summed E-state index contributed by atoms with van der Waals surface area (Å²) in [4.78, 5) is 12.8. The summed E-state index contributed by atoms with van der Waals surface area (Å²) in [5.74, 6) is 0.737. The Hall–Kier alpha value is -3.44. The van der Waals surface area contributed by atoms with Gasteiger partial charge >= 0.3 is 6.01 Å². The third kappa shape index (κ3) is 5.05. The topological polar surface area (TPSA) is 124 Å². The fourth-order valence-electron chi connectivity index (χ4n) is 3.74. The highest BCUT2D eigenvalue weighted by Gasteiger charge is 2.25. The molecular weight excluding hydrogens is 460 g/mol. The first kappa shape index (κ1) is 23.7. The molecule has 1 N–H and O–H groups in total. The Morgan fingerprint density at radius 1 is 0.971 bits per heavy atom. The minimum Gasteiger partial charge on any atom is -0.497 e. The second kappa shape index (κ2) is 10.2. The summed E-state index contributed by atoms with van der Waals surface area (Å²) in [5.41, 5.74) is 0.802. The smallest absolute Gasteiger partial charge is 0.322 e. The van der Waals surface area contributed by atoms with Gasteiger partial charge in [-0.3, -0.25) is 10.1 Å². The summed E-state index contributed by atoms with van der Waals surface area (Å²) in [7, 11) is -0.531. The van der Waals surface area contributed by atoms with Crippen molar-refractivity contribution in [3.05, 3.63) is 48.0 Å². The van der Waals surface area contributed by atoms with Crippen LogP contribution in [0.5, 0.6) is 11.5 Å². The summed E-state index contributed by atoms with van der Waals surface area (Å²) in [6, 6.07) is 10.8. The average Bonchev–Trinajstić information content (AvgIpc) is 3.13. The van der Waals surface area contributed by atoms with Gasteiger partial charge in [-0.1, -0.05) is 17.9 Å². The number of amides is 1. The molecule has 1 aromatic heterocycles. The minimum absolute atomic E-state index is 0.0980. The van der Waals surface area contributed by atoms with Gasteiger partial charge < -0.3 is 13.9 Å². The van der Waals surface area contributed by atoms with Gasteiger partial charge in [-0.2, -0.15) is 4.31 Å². The first-order valence-corrected chi connectivity index (χ1v) is 12.3. The van der Waals surface area contributed by atoms with E-state index >= 15 is 0 Å². The molecule has 1 saturated heterocycles. The van der Waals surface area contributed by atoms with Gasteiger partial charge in [0.05, 0.1) is 24.7 Å². The molecular formula is C23H26N4O6S. The van der Waals surface area contributed by atoms with E-state index in [1.54, 1.807) is 25.3 Å². The zero-order valence-corrected chi connectivity index (χ0v) is 19.8. The highest BCUT2D eigenvalue weighted by atomic mass is 32.2. The van der Waals surface area contributed by atoms with Crippen LogP contribution in [0.4, 0.5) is 6.01 Å². The number of methoxy groups -OCH3 is 2. The first-order chi connectivity index (χ1) is 16.4. The second-order valence-corrected chi connectivity index (χ2v) is 9.71. The van der Waals surface area contributed by atoms with Crippen LogP contribution in [-0.4, -0.2) is 56.1 Å². The van der Waals surface area contributed by atoms with Gasteiger partial charge in [0.15, 0.2) is 0 Å². The molecule has 1 amide bonds. The number of benzene rings is 2. The van der Waals surface area contributed by atoms with E-state index in [0.717, 1.165) is 25.7 Å². The zero-order chi connectivity index (χ0) is 24.1. The van der Waals surface area contributed by atoms with Crippen LogP contribution in [0.2, 0.25) is 0 Å². The predicted molar refractivity (Wildman–Crippen MR) is 124 cm³/mol. The van der Waals surface area contributed by atoms with Crippen molar-refractivity contribution in [2.45, 2.75) is 30.6 Å². The Morgan fingerprint density at radius 2 is 1.68 bits per heavy atom. The summed E-state index contributed by atoms with van der Waals surface area (Å²) >= 11 is 0. The third-order valence-corrected chi connectivity index (χ3v) is 7.52. The maximum Gasteiger partial charge on any atom is 0.322 e. The number of nitrogens with one attached hydrogen (secondary N) is 1. The van der Waals surface area contributed by atoms with Crippen molar-refractivity contribution in [2.24, 2.45) is 0 Å². The molecule has 4 rings (SSSR count). The van der Waals surface area contributed by atoms with Crippen molar-refractivity contribution in [3.8, 4) is 23.0 Å². The van der Waals surface area contributed by atoms with Crippen LogP contribution >= 0.6 is 0 Å². The molecule has 0 bridgehead atoms. The van der Waals surface area contributed by atoms with Crippen molar-refractivity contribution < 1.29 is 27.1 Å². The van der Waals surface area contributed by atoms with Crippen LogP contribution in [0.15, 0.2) is 51.8 Å². The van der Waals surface area contributed by atoms with Crippen LogP contribution in [0, 0.1) is 0 Å². The molecule has 3 aromatic rings. The monoisotopic (exact) mass is 486 g/mol. The molecule has 1 fully saturated rings. The number of ether oxygens (including phenoxy) is 2.